The van der Waals surface area contributed by atoms with Gasteiger partial charge < -0.3 is 10.2 Å². The number of likely N-dealkylation sites (tertiary alicyclic amines) is 1. The van der Waals surface area contributed by atoms with E-state index in [9.17, 15) is 9.18 Å². The summed E-state index contributed by atoms with van der Waals surface area (Å²) in [6.07, 6.45) is 4.82. The first-order valence-corrected chi connectivity index (χ1v) is 10.3. The monoisotopic (exact) mass is 372 g/mol. The summed E-state index contributed by atoms with van der Waals surface area (Å²) in [6.45, 7) is 4.81. The van der Waals surface area contributed by atoms with Crippen molar-refractivity contribution in [1.82, 2.24) is 10.2 Å². The van der Waals surface area contributed by atoms with Crippen molar-refractivity contribution in [1.29, 1.82) is 0 Å². The molecule has 1 N–H and O–H groups in total. The van der Waals surface area contributed by atoms with Crippen molar-refractivity contribution in [3.63, 3.8) is 0 Å². The number of halogens is 1. The fraction of sp³-hybridized carbons (Fsp3) is 0.476. The highest BCUT2D eigenvalue weighted by atomic mass is 32.1. The van der Waals surface area contributed by atoms with Gasteiger partial charge in [0.25, 0.3) is 5.91 Å². The number of hydrogen-bond acceptors (Lipinski definition) is 3. The molecule has 26 heavy (non-hydrogen) atoms. The van der Waals surface area contributed by atoms with Crippen molar-refractivity contribution in [2.75, 3.05) is 19.6 Å². The zero-order valence-corrected chi connectivity index (χ0v) is 15.9. The zero-order valence-electron chi connectivity index (χ0n) is 15.1. The van der Waals surface area contributed by atoms with Gasteiger partial charge in [-0.05, 0) is 74.4 Å². The molecule has 2 aliphatic rings. The van der Waals surface area contributed by atoms with E-state index in [1.807, 2.05) is 17.9 Å². The Morgan fingerprint density at radius 2 is 1.88 bits per heavy atom. The van der Waals surface area contributed by atoms with Crippen LogP contribution in [-0.4, -0.2) is 36.5 Å². The highest BCUT2D eigenvalue weighted by molar-refractivity contribution is 7.14. The van der Waals surface area contributed by atoms with Gasteiger partial charge in [0, 0.05) is 24.0 Å². The second-order valence-electron chi connectivity index (χ2n) is 7.51. The number of nitrogens with one attached hydrogen (secondary N) is 1. The maximum absolute atomic E-state index is 13.2. The summed E-state index contributed by atoms with van der Waals surface area (Å²) in [7, 11) is 0. The minimum Gasteiger partial charge on any atom is -0.338 e. The van der Waals surface area contributed by atoms with E-state index in [0.29, 0.717) is 6.04 Å². The Hall–Kier alpha value is -1.72. The number of carbonyl (C=O) groups excluding carboxylic acids is 1. The number of rotatable bonds is 5. The topological polar surface area (TPSA) is 32.3 Å². The van der Waals surface area contributed by atoms with Crippen LogP contribution in [0.4, 0.5) is 4.39 Å². The summed E-state index contributed by atoms with van der Waals surface area (Å²) in [5.41, 5.74) is 1.99. The molecule has 3 nitrogen and oxygen atoms in total. The van der Waals surface area contributed by atoms with Crippen molar-refractivity contribution >= 4 is 17.2 Å². The molecule has 1 aliphatic carbocycles. The van der Waals surface area contributed by atoms with Crippen LogP contribution in [-0.2, 0) is 0 Å². The van der Waals surface area contributed by atoms with Crippen LogP contribution in [0, 0.1) is 18.7 Å². The Morgan fingerprint density at radius 3 is 2.54 bits per heavy atom. The number of benzene rings is 1. The summed E-state index contributed by atoms with van der Waals surface area (Å²) >= 11 is 1.54. The van der Waals surface area contributed by atoms with Gasteiger partial charge in [-0.2, -0.15) is 0 Å². The predicted octanol–water partition coefficient (Wildman–Crippen LogP) is 4.47. The highest BCUT2D eigenvalue weighted by Gasteiger charge is 2.27. The van der Waals surface area contributed by atoms with Gasteiger partial charge in [-0.3, -0.25) is 4.79 Å². The fourth-order valence-corrected chi connectivity index (χ4v) is 4.61. The first kappa shape index (κ1) is 17.7. The SMILES string of the molecule is Cc1sc(C(=O)N2CCC(NCC3CC3)CC2)cc1-c1ccc(F)cc1. The summed E-state index contributed by atoms with van der Waals surface area (Å²) in [4.78, 5) is 16.8. The first-order valence-electron chi connectivity index (χ1n) is 9.49. The van der Waals surface area contributed by atoms with Crippen LogP contribution in [0.5, 0.6) is 0 Å². The number of thiophene rings is 1. The van der Waals surface area contributed by atoms with E-state index in [1.165, 1.54) is 36.3 Å². The van der Waals surface area contributed by atoms with Crippen molar-refractivity contribution in [3.05, 3.63) is 45.9 Å². The molecule has 5 heteroatoms. The Labute approximate surface area is 158 Å². The van der Waals surface area contributed by atoms with Crippen LogP contribution in [0.15, 0.2) is 30.3 Å². The summed E-state index contributed by atoms with van der Waals surface area (Å²) < 4.78 is 13.2. The zero-order chi connectivity index (χ0) is 18.1. The van der Waals surface area contributed by atoms with Crippen LogP contribution in [0.25, 0.3) is 11.1 Å². The van der Waals surface area contributed by atoms with E-state index in [1.54, 1.807) is 12.1 Å². The molecule has 2 heterocycles. The largest absolute Gasteiger partial charge is 0.338 e. The lowest BCUT2D eigenvalue weighted by molar-refractivity contribution is 0.0710. The van der Waals surface area contributed by atoms with Gasteiger partial charge in [0.2, 0.25) is 0 Å². The molecule has 4 rings (SSSR count). The van der Waals surface area contributed by atoms with Crippen molar-refractivity contribution < 1.29 is 9.18 Å². The molecule has 0 bridgehead atoms. The minimum absolute atomic E-state index is 0.132. The van der Waals surface area contributed by atoms with E-state index in [2.05, 4.69) is 5.32 Å². The molecule has 0 atom stereocenters. The Kier molecular flexibility index (Phi) is 5.09. The molecular weight excluding hydrogens is 347 g/mol. The van der Waals surface area contributed by atoms with Crippen molar-refractivity contribution in [2.45, 2.75) is 38.6 Å². The number of carbonyl (C=O) groups is 1. The molecule has 0 unspecified atom stereocenters. The van der Waals surface area contributed by atoms with E-state index in [4.69, 9.17) is 0 Å². The molecule has 1 aromatic carbocycles. The van der Waals surface area contributed by atoms with Crippen LogP contribution in [0.2, 0.25) is 0 Å². The number of nitrogens with zero attached hydrogens (tertiary/aromatic N) is 1. The minimum atomic E-state index is -0.240. The second kappa shape index (κ2) is 7.49. The van der Waals surface area contributed by atoms with Gasteiger partial charge in [-0.15, -0.1) is 11.3 Å². The predicted molar refractivity (Wildman–Crippen MR) is 104 cm³/mol. The summed E-state index contributed by atoms with van der Waals surface area (Å²) in [6, 6.07) is 9.00. The lowest BCUT2D eigenvalue weighted by atomic mass is 10.0. The lowest BCUT2D eigenvalue weighted by Gasteiger charge is -2.32. The molecule has 2 aromatic rings. The quantitative estimate of drug-likeness (QED) is 0.840. The average Bonchev–Trinajstić information content (AvgIpc) is 3.41. The molecule has 1 aromatic heterocycles. The van der Waals surface area contributed by atoms with Gasteiger partial charge in [-0.1, -0.05) is 12.1 Å². The molecule has 1 saturated heterocycles. The van der Waals surface area contributed by atoms with Crippen molar-refractivity contribution in [2.24, 2.45) is 5.92 Å². The molecule has 1 aliphatic heterocycles. The standard InChI is InChI=1S/C21H25FN2OS/c1-14-19(16-4-6-17(22)7-5-16)12-20(26-14)21(25)24-10-8-18(9-11-24)23-13-15-2-3-15/h4-7,12,15,18,23H,2-3,8-11,13H2,1H3. The molecule has 1 saturated carbocycles. The third-order valence-corrected chi connectivity index (χ3v) is 6.50. The molecular formula is C21H25FN2OS. The fourth-order valence-electron chi connectivity index (χ4n) is 3.60. The van der Waals surface area contributed by atoms with E-state index in [0.717, 1.165) is 59.3 Å². The first-order chi connectivity index (χ1) is 12.6. The third kappa shape index (κ3) is 3.99. The maximum Gasteiger partial charge on any atom is 0.263 e. The normalized spacial score (nSPS) is 18.3. The number of piperidine rings is 1. The number of amides is 1. The summed E-state index contributed by atoms with van der Waals surface area (Å²) in [5.74, 6) is 0.789. The maximum atomic E-state index is 13.2. The van der Waals surface area contributed by atoms with Crippen LogP contribution >= 0.6 is 11.3 Å². The van der Waals surface area contributed by atoms with Crippen LogP contribution < -0.4 is 5.32 Å². The molecule has 2 fully saturated rings. The van der Waals surface area contributed by atoms with Crippen LogP contribution in [0.3, 0.4) is 0 Å². The molecule has 138 valence electrons. The van der Waals surface area contributed by atoms with Gasteiger partial charge in [0.1, 0.15) is 5.82 Å². The van der Waals surface area contributed by atoms with Gasteiger partial charge in [0.15, 0.2) is 0 Å². The van der Waals surface area contributed by atoms with Gasteiger partial charge >= 0.3 is 0 Å². The van der Waals surface area contributed by atoms with E-state index < -0.39 is 0 Å². The average molecular weight is 373 g/mol. The lowest BCUT2D eigenvalue weighted by Crippen LogP contribution is -2.45. The van der Waals surface area contributed by atoms with E-state index in [-0.39, 0.29) is 11.7 Å². The van der Waals surface area contributed by atoms with Crippen molar-refractivity contribution in [3.8, 4) is 11.1 Å². The van der Waals surface area contributed by atoms with Crippen LogP contribution in [0.1, 0.15) is 40.2 Å². The highest BCUT2D eigenvalue weighted by Crippen LogP contribution is 2.32. The smallest absolute Gasteiger partial charge is 0.263 e. The molecule has 0 spiro atoms. The number of aryl methyl sites for hydroxylation is 1. The van der Waals surface area contributed by atoms with E-state index >= 15 is 0 Å². The molecule has 1 amide bonds. The number of hydrogen-bond donors (Lipinski definition) is 1. The third-order valence-electron chi connectivity index (χ3n) is 5.46. The molecule has 0 radical (unpaired) electrons. The van der Waals surface area contributed by atoms with Gasteiger partial charge in [0.05, 0.1) is 4.88 Å². The Bertz CT molecular complexity index is 774. The second-order valence-corrected chi connectivity index (χ2v) is 8.76. The summed E-state index contributed by atoms with van der Waals surface area (Å²) in [5, 5.41) is 3.66. The Balaban J connectivity index is 1.39. The Morgan fingerprint density at radius 1 is 1.19 bits per heavy atom. The van der Waals surface area contributed by atoms with Gasteiger partial charge in [-0.25, -0.2) is 4.39 Å².